The van der Waals surface area contributed by atoms with Crippen molar-refractivity contribution < 1.29 is 23.1 Å². The highest BCUT2D eigenvalue weighted by Gasteiger charge is 2.28. The van der Waals surface area contributed by atoms with E-state index in [9.17, 15) is 18.3 Å². The molecule has 1 aromatic heterocycles. The summed E-state index contributed by atoms with van der Waals surface area (Å²) in [6, 6.07) is 8.36. The molecule has 0 saturated carbocycles. The Morgan fingerprint density at radius 1 is 0.974 bits per heavy atom. The molecule has 7 nitrogen and oxygen atoms in total. The number of aromatic nitrogens is 1. The number of rotatable bonds is 19. The van der Waals surface area contributed by atoms with E-state index in [1.54, 1.807) is 30.5 Å². The van der Waals surface area contributed by atoms with Crippen LogP contribution in [0.1, 0.15) is 116 Å². The standard InChI is InChI=1S/C31H48N2O5S/c1-6-8-9-10-11-12-13-14-15-16-17-27(30(34)35)38-26-20-19-25(31(4,5)7-2)22-28(26)39(36,37)33-29-21-18-24(3)23-32-29/h18-23,27H,6-17H2,1-5H3,(H,32,33)(H,34,35). The van der Waals surface area contributed by atoms with Gasteiger partial charge in [0.15, 0.2) is 6.10 Å². The van der Waals surface area contributed by atoms with Crippen LogP contribution in [0.15, 0.2) is 41.4 Å². The summed E-state index contributed by atoms with van der Waals surface area (Å²) in [5, 5.41) is 9.85. The van der Waals surface area contributed by atoms with Gasteiger partial charge in [-0.15, -0.1) is 0 Å². The van der Waals surface area contributed by atoms with Crippen molar-refractivity contribution in [3.05, 3.63) is 47.7 Å². The van der Waals surface area contributed by atoms with E-state index in [1.807, 2.05) is 33.8 Å². The molecule has 1 unspecified atom stereocenters. The van der Waals surface area contributed by atoms with Gasteiger partial charge in [0.25, 0.3) is 10.0 Å². The second-order valence-electron chi connectivity index (χ2n) is 11.1. The fourth-order valence-corrected chi connectivity index (χ4v) is 5.53. The minimum absolute atomic E-state index is 0.0322. The Kier molecular flexibility index (Phi) is 13.2. The number of sulfonamides is 1. The number of carboxylic acid groups (broad SMARTS) is 1. The molecule has 0 amide bonds. The SMILES string of the molecule is CCCCCCCCCCCCC(Oc1ccc(C(C)(C)CC)cc1S(=O)(=O)Nc1ccc(C)cn1)C(=O)O. The molecule has 8 heteroatoms. The molecule has 1 heterocycles. The molecule has 2 rings (SSSR count). The number of carboxylic acids is 1. The number of pyridine rings is 1. The summed E-state index contributed by atoms with van der Waals surface area (Å²) >= 11 is 0. The fraction of sp³-hybridized carbons (Fsp3) is 0.613. The Hall–Kier alpha value is -2.61. The largest absolute Gasteiger partial charge is 0.479 e. The number of hydrogen-bond acceptors (Lipinski definition) is 5. The summed E-state index contributed by atoms with van der Waals surface area (Å²) in [5.74, 6) is -0.878. The van der Waals surface area contributed by atoms with Crippen LogP contribution in [-0.2, 0) is 20.2 Å². The molecule has 0 spiro atoms. The Bertz CT molecular complexity index is 1130. The van der Waals surface area contributed by atoms with Gasteiger partial charge in [0.2, 0.25) is 0 Å². The van der Waals surface area contributed by atoms with Crippen LogP contribution in [0.25, 0.3) is 0 Å². The van der Waals surface area contributed by atoms with Crippen molar-refractivity contribution in [1.29, 1.82) is 0 Å². The van der Waals surface area contributed by atoms with Crippen LogP contribution in [-0.4, -0.2) is 30.6 Å². The van der Waals surface area contributed by atoms with Crippen molar-refractivity contribution in [2.45, 2.75) is 128 Å². The van der Waals surface area contributed by atoms with Crippen LogP contribution in [0.5, 0.6) is 5.75 Å². The Morgan fingerprint density at radius 2 is 1.59 bits per heavy atom. The van der Waals surface area contributed by atoms with E-state index in [0.717, 1.165) is 36.8 Å². The first-order valence-corrected chi connectivity index (χ1v) is 16.0. The monoisotopic (exact) mass is 560 g/mol. The fourth-order valence-electron chi connectivity index (χ4n) is 4.36. The highest BCUT2D eigenvalue weighted by molar-refractivity contribution is 7.92. The van der Waals surface area contributed by atoms with Gasteiger partial charge in [-0.2, -0.15) is 0 Å². The number of unbranched alkanes of at least 4 members (excludes halogenated alkanes) is 9. The molecule has 2 N–H and O–H groups in total. The summed E-state index contributed by atoms with van der Waals surface area (Å²) in [4.78, 5) is 16.1. The van der Waals surface area contributed by atoms with Crippen molar-refractivity contribution >= 4 is 21.8 Å². The van der Waals surface area contributed by atoms with Crippen LogP contribution in [0.4, 0.5) is 5.82 Å². The van der Waals surface area contributed by atoms with Gasteiger partial charge in [-0.25, -0.2) is 18.2 Å². The average molecular weight is 561 g/mol. The molecule has 1 aromatic carbocycles. The van der Waals surface area contributed by atoms with Crippen molar-refractivity contribution in [1.82, 2.24) is 4.98 Å². The molecule has 0 bridgehead atoms. The highest BCUT2D eigenvalue weighted by atomic mass is 32.2. The van der Waals surface area contributed by atoms with Crippen molar-refractivity contribution in [2.75, 3.05) is 4.72 Å². The maximum Gasteiger partial charge on any atom is 0.344 e. The molecule has 0 saturated heterocycles. The maximum atomic E-state index is 13.5. The number of nitrogens with zero attached hydrogens (tertiary/aromatic N) is 1. The van der Waals surface area contributed by atoms with E-state index in [2.05, 4.69) is 16.6 Å². The highest BCUT2D eigenvalue weighted by Crippen LogP contribution is 2.34. The Morgan fingerprint density at radius 3 is 2.13 bits per heavy atom. The first-order valence-electron chi connectivity index (χ1n) is 14.5. The summed E-state index contributed by atoms with van der Waals surface area (Å²) in [6.07, 6.45) is 13.1. The van der Waals surface area contributed by atoms with E-state index in [1.165, 1.54) is 38.5 Å². The number of aliphatic carboxylic acids is 1. The summed E-state index contributed by atoms with van der Waals surface area (Å²) < 4.78 is 35.4. The first-order chi connectivity index (χ1) is 18.5. The number of aryl methyl sites for hydroxylation is 1. The zero-order chi connectivity index (χ0) is 28.9. The third-order valence-electron chi connectivity index (χ3n) is 7.41. The van der Waals surface area contributed by atoms with Crippen LogP contribution in [0.2, 0.25) is 0 Å². The van der Waals surface area contributed by atoms with E-state index in [4.69, 9.17) is 4.74 Å². The molecule has 0 radical (unpaired) electrons. The van der Waals surface area contributed by atoms with E-state index >= 15 is 0 Å². The quantitative estimate of drug-likeness (QED) is 0.169. The van der Waals surface area contributed by atoms with Gasteiger partial charge in [-0.05, 0) is 60.9 Å². The van der Waals surface area contributed by atoms with Crippen LogP contribution in [0, 0.1) is 6.92 Å². The normalized spacial score (nSPS) is 12.7. The summed E-state index contributed by atoms with van der Waals surface area (Å²) in [7, 11) is -4.09. The van der Waals surface area contributed by atoms with Crippen molar-refractivity contribution in [2.24, 2.45) is 0 Å². The smallest absolute Gasteiger partial charge is 0.344 e. The number of nitrogens with one attached hydrogen (secondary N) is 1. The van der Waals surface area contributed by atoms with E-state index < -0.39 is 22.1 Å². The van der Waals surface area contributed by atoms with Gasteiger partial charge < -0.3 is 9.84 Å². The lowest BCUT2D eigenvalue weighted by Gasteiger charge is -2.25. The lowest BCUT2D eigenvalue weighted by atomic mass is 9.82. The predicted molar refractivity (Wildman–Crippen MR) is 158 cm³/mol. The van der Waals surface area contributed by atoms with Crippen LogP contribution >= 0.6 is 0 Å². The lowest BCUT2D eigenvalue weighted by molar-refractivity contribution is -0.145. The Balaban J connectivity index is 2.13. The number of carbonyl (C=O) groups is 1. The maximum absolute atomic E-state index is 13.5. The molecule has 2 aromatic rings. The number of anilines is 1. The summed E-state index contributed by atoms with van der Waals surface area (Å²) in [5.41, 5.74) is 1.47. The predicted octanol–water partition coefficient (Wildman–Crippen LogP) is 8.02. The Labute approximate surface area is 235 Å². The first kappa shape index (κ1) is 32.6. The van der Waals surface area contributed by atoms with Crippen molar-refractivity contribution in [3.8, 4) is 5.75 Å². The second kappa shape index (κ2) is 15.8. The van der Waals surface area contributed by atoms with Gasteiger partial charge in [0, 0.05) is 6.20 Å². The number of benzene rings is 1. The van der Waals surface area contributed by atoms with Gasteiger partial charge >= 0.3 is 5.97 Å². The van der Waals surface area contributed by atoms with E-state index in [-0.39, 0.29) is 21.9 Å². The van der Waals surface area contributed by atoms with Gasteiger partial charge in [0.05, 0.1) is 0 Å². The van der Waals surface area contributed by atoms with Crippen molar-refractivity contribution in [3.63, 3.8) is 0 Å². The molecule has 0 fully saturated rings. The molecule has 1 atom stereocenters. The molecule has 0 aliphatic rings. The molecule has 0 aliphatic carbocycles. The number of hydrogen-bond donors (Lipinski definition) is 2. The molecule has 0 aliphatic heterocycles. The second-order valence-corrected chi connectivity index (χ2v) is 12.8. The van der Waals surface area contributed by atoms with Gasteiger partial charge in [-0.3, -0.25) is 4.72 Å². The molecular formula is C31H48N2O5S. The topological polar surface area (TPSA) is 106 Å². The summed E-state index contributed by atoms with van der Waals surface area (Å²) in [6.45, 7) is 10.2. The van der Waals surface area contributed by atoms with Crippen LogP contribution in [0.3, 0.4) is 0 Å². The zero-order valence-corrected chi connectivity index (χ0v) is 25.3. The lowest BCUT2D eigenvalue weighted by Crippen LogP contribution is -2.28. The molecular weight excluding hydrogens is 512 g/mol. The van der Waals surface area contributed by atoms with Crippen LogP contribution < -0.4 is 9.46 Å². The minimum atomic E-state index is -4.09. The van der Waals surface area contributed by atoms with E-state index in [0.29, 0.717) is 12.8 Å². The molecule has 39 heavy (non-hydrogen) atoms. The zero-order valence-electron chi connectivity index (χ0n) is 24.5. The third-order valence-corrected chi connectivity index (χ3v) is 8.79. The number of ether oxygens (including phenoxy) is 1. The van der Waals surface area contributed by atoms with Gasteiger partial charge in [-0.1, -0.05) is 97.6 Å². The molecule has 218 valence electrons. The van der Waals surface area contributed by atoms with Gasteiger partial charge in [0.1, 0.15) is 16.5 Å². The minimum Gasteiger partial charge on any atom is -0.479 e. The third kappa shape index (κ3) is 10.8. The average Bonchev–Trinajstić information content (AvgIpc) is 2.90.